The smallest absolute Gasteiger partial charge is 0.267 e. The molecule has 0 saturated carbocycles. The van der Waals surface area contributed by atoms with Gasteiger partial charge in [0.2, 0.25) is 0 Å². The Morgan fingerprint density at radius 2 is 2.31 bits per heavy atom. The van der Waals surface area contributed by atoms with Crippen molar-refractivity contribution in [1.82, 2.24) is 4.98 Å². The van der Waals surface area contributed by atoms with E-state index in [0.29, 0.717) is 11.0 Å². The predicted molar refractivity (Wildman–Crippen MR) is 57.7 cm³/mol. The molecule has 0 atom stereocenters. The molecule has 0 N–H and O–H groups in total. The summed E-state index contributed by atoms with van der Waals surface area (Å²) in [6.07, 6.45) is -2.70. The first-order valence-corrected chi connectivity index (χ1v) is 5.54. The topological polar surface area (TPSA) is 45.9 Å². The van der Waals surface area contributed by atoms with Crippen LogP contribution in [-0.4, -0.2) is 12.1 Å². The van der Waals surface area contributed by atoms with Crippen LogP contribution >= 0.6 is 15.9 Å². The van der Waals surface area contributed by atoms with E-state index in [0.717, 1.165) is 0 Å². The van der Waals surface area contributed by atoms with Crippen LogP contribution < -0.4 is 4.74 Å². The molecule has 0 spiro atoms. The summed E-state index contributed by atoms with van der Waals surface area (Å²) in [6.45, 7) is 0. The van der Waals surface area contributed by atoms with Crippen LogP contribution in [0.3, 0.4) is 0 Å². The van der Waals surface area contributed by atoms with Crippen molar-refractivity contribution in [3.63, 3.8) is 0 Å². The first-order chi connectivity index (χ1) is 7.63. The summed E-state index contributed by atoms with van der Waals surface area (Å²) in [6, 6.07) is 3.15. The number of rotatable bonds is 4. The summed E-state index contributed by atoms with van der Waals surface area (Å²) in [7, 11) is 1.29. The molecule has 86 valence electrons. The molecule has 0 unspecified atom stereocenters. The summed E-state index contributed by atoms with van der Waals surface area (Å²) in [5.74, 6) is 0.00116. The Morgan fingerprint density at radius 3 is 2.75 bits per heavy atom. The lowest BCUT2D eigenvalue weighted by molar-refractivity contribution is 0.146. The van der Waals surface area contributed by atoms with Crippen LogP contribution in [0.2, 0.25) is 0 Å². The molecule has 6 heteroatoms. The van der Waals surface area contributed by atoms with Gasteiger partial charge in [0.25, 0.3) is 6.43 Å². The van der Waals surface area contributed by atoms with Crippen molar-refractivity contribution < 1.29 is 13.5 Å². The van der Waals surface area contributed by atoms with Gasteiger partial charge in [-0.1, -0.05) is 15.9 Å². The normalized spacial score (nSPS) is 10.2. The summed E-state index contributed by atoms with van der Waals surface area (Å²) < 4.78 is 30.4. The summed E-state index contributed by atoms with van der Waals surface area (Å²) in [5.41, 5.74) is 0.482. The zero-order valence-corrected chi connectivity index (χ0v) is 10.1. The van der Waals surface area contributed by atoms with Crippen molar-refractivity contribution in [3.05, 3.63) is 23.0 Å². The number of methoxy groups -OCH3 is 1. The quantitative estimate of drug-likeness (QED) is 0.801. The van der Waals surface area contributed by atoms with E-state index in [1.807, 2.05) is 6.07 Å². The maximum Gasteiger partial charge on any atom is 0.267 e. The number of halogens is 3. The van der Waals surface area contributed by atoms with Crippen LogP contribution in [0.1, 0.15) is 23.4 Å². The Labute approximate surface area is 100 Å². The maximum absolute atomic E-state index is 12.7. The van der Waals surface area contributed by atoms with E-state index >= 15 is 0 Å². The van der Waals surface area contributed by atoms with Gasteiger partial charge in [0.1, 0.15) is 5.75 Å². The van der Waals surface area contributed by atoms with Crippen LogP contribution in [-0.2, 0) is 11.8 Å². The molecule has 0 aliphatic rings. The average Bonchev–Trinajstić information content (AvgIpc) is 2.28. The highest BCUT2D eigenvalue weighted by Gasteiger charge is 2.19. The Hall–Kier alpha value is -1.22. The molecule has 3 nitrogen and oxygen atoms in total. The standard InChI is InChI=1S/C10H9BrF2N2O/c1-16-9-7(10(12)13)4-6(5-11)15-8(9)2-3-14/h4,10H,2,5H2,1H3. The summed E-state index contributed by atoms with van der Waals surface area (Å²) in [4.78, 5) is 4.07. The molecular weight excluding hydrogens is 282 g/mol. The number of alkyl halides is 3. The van der Waals surface area contributed by atoms with Crippen molar-refractivity contribution in [3.8, 4) is 11.8 Å². The Morgan fingerprint density at radius 1 is 1.62 bits per heavy atom. The van der Waals surface area contributed by atoms with Crippen molar-refractivity contribution in [2.75, 3.05) is 7.11 Å². The molecule has 0 saturated heterocycles. The largest absolute Gasteiger partial charge is 0.494 e. The first kappa shape index (κ1) is 12.8. The van der Waals surface area contributed by atoms with Crippen LogP contribution in [0.4, 0.5) is 8.78 Å². The van der Waals surface area contributed by atoms with Gasteiger partial charge < -0.3 is 4.74 Å². The van der Waals surface area contributed by atoms with Crippen molar-refractivity contribution in [1.29, 1.82) is 5.26 Å². The van der Waals surface area contributed by atoms with Gasteiger partial charge in [-0.25, -0.2) is 8.78 Å². The Kier molecular flexibility index (Phi) is 4.62. The van der Waals surface area contributed by atoms with Gasteiger partial charge in [0.15, 0.2) is 0 Å². The van der Waals surface area contributed by atoms with Gasteiger partial charge in [-0.15, -0.1) is 0 Å². The number of ether oxygens (including phenoxy) is 1. The van der Waals surface area contributed by atoms with Crippen LogP contribution in [0.15, 0.2) is 6.07 Å². The van der Waals surface area contributed by atoms with E-state index < -0.39 is 6.43 Å². The minimum atomic E-state index is -2.65. The zero-order chi connectivity index (χ0) is 12.1. The molecule has 0 bridgehead atoms. The highest BCUT2D eigenvalue weighted by molar-refractivity contribution is 9.08. The molecular formula is C10H9BrF2N2O. The molecule has 16 heavy (non-hydrogen) atoms. The Bertz CT molecular complexity index is 418. The molecule has 1 heterocycles. The van der Waals surface area contributed by atoms with Gasteiger partial charge in [-0.2, -0.15) is 5.26 Å². The lowest BCUT2D eigenvalue weighted by atomic mass is 10.1. The Balaban J connectivity index is 3.35. The fourth-order valence-corrected chi connectivity index (χ4v) is 1.62. The van der Waals surface area contributed by atoms with Crippen LogP contribution in [0, 0.1) is 11.3 Å². The number of nitrogens with zero attached hydrogens (tertiary/aromatic N) is 2. The zero-order valence-electron chi connectivity index (χ0n) is 8.51. The molecule has 0 fully saturated rings. The van der Waals surface area contributed by atoms with Gasteiger partial charge in [0.05, 0.1) is 36.6 Å². The second-order valence-electron chi connectivity index (χ2n) is 2.95. The number of pyridine rings is 1. The molecule has 1 aromatic heterocycles. The monoisotopic (exact) mass is 290 g/mol. The van der Waals surface area contributed by atoms with Crippen molar-refractivity contribution >= 4 is 15.9 Å². The van der Waals surface area contributed by atoms with Gasteiger partial charge in [-0.3, -0.25) is 4.98 Å². The third-order valence-electron chi connectivity index (χ3n) is 1.95. The van der Waals surface area contributed by atoms with Gasteiger partial charge in [-0.05, 0) is 6.07 Å². The highest BCUT2D eigenvalue weighted by atomic mass is 79.9. The minimum Gasteiger partial charge on any atom is -0.494 e. The van der Waals surface area contributed by atoms with E-state index in [1.165, 1.54) is 13.2 Å². The van der Waals surface area contributed by atoms with E-state index in [-0.39, 0.29) is 23.4 Å². The molecule has 0 aromatic carbocycles. The molecule has 1 rings (SSSR count). The predicted octanol–water partition coefficient (Wildman–Crippen LogP) is 2.99. The van der Waals surface area contributed by atoms with Crippen molar-refractivity contribution in [2.45, 2.75) is 18.2 Å². The summed E-state index contributed by atoms with van der Waals surface area (Å²) in [5, 5.41) is 8.94. The van der Waals surface area contributed by atoms with Gasteiger partial charge in [0, 0.05) is 5.33 Å². The molecule has 1 aromatic rings. The van der Waals surface area contributed by atoms with E-state index in [9.17, 15) is 8.78 Å². The lowest BCUT2D eigenvalue weighted by Crippen LogP contribution is -2.03. The van der Waals surface area contributed by atoms with Crippen LogP contribution in [0.25, 0.3) is 0 Å². The SMILES string of the molecule is COc1c(C(F)F)cc(CBr)nc1CC#N. The second-order valence-corrected chi connectivity index (χ2v) is 3.51. The highest BCUT2D eigenvalue weighted by Crippen LogP contribution is 2.32. The number of hydrogen-bond acceptors (Lipinski definition) is 3. The first-order valence-electron chi connectivity index (χ1n) is 4.41. The lowest BCUT2D eigenvalue weighted by Gasteiger charge is -2.12. The van der Waals surface area contributed by atoms with Crippen molar-refractivity contribution in [2.24, 2.45) is 0 Å². The summed E-state index contributed by atoms with van der Waals surface area (Å²) >= 11 is 3.14. The number of hydrogen-bond donors (Lipinski definition) is 0. The molecule has 0 radical (unpaired) electrons. The third kappa shape index (κ3) is 2.67. The van der Waals surface area contributed by atoms with Gasteiger partial charge >= 0.3 is 0 Å². The fraction of sp³-hybridized carbons (Fsp3) is 0.400. The maximum atomic E-state index is 12.7. The van der Waals surface area contributed by atoms with E-state index in [4.69, 9.17) is 10.00 Å². The van der Waals surface area contributed by atoms with E-state index in [2.05, 4.69) is 20.9 Å². The molecule has 0 aliphatic carbocycles. The van der Waals surface area contributed by atoms with E-state index in [1.54, 1.807) is 0 Å². The number of nitriles is 1. The molecule has 0 amide bonds. The number of aromatic nitrogens is 1. The second kappa shape index (κ2) is 5.75. The molecule has 0 aliphatic heterocycles. The fourth-order valence-electron chi connectivity index (χ4n) is 1.33. The third-order valence-corrected chi connectivity index (χ3v) is 2.52. The average molecular weight is 291 g/mol. The van der Waals surface area contributed by atoms with Crippen LogP contribution in [0.5, 0.6) is 5.75 Å². The minimum absolute atomic E-state index is 0.00116.